The summed E-state index contributed by atoms with van der Waals surface area (Å²) >= 11 is 6.55. The number of carbonyl (C=O) groups excluding carboxylic acids is 2. The van der Waals surface area contributed by atoms with Crippen molar-refractivity contribution in [1.82, 2.24) is 4.90 Å². The number of hydrogen-bond acceptors (Lipinski definition) is 6. The van der Waals surface area contributed by atoms with Crippen LogP contribution in [0.3, 0.4) is 0 Å². The number of benzene rings is 2. The van der Waals surface area contributed by atoms with Crippen molar-refractivity contribution in [3.63, 3.8) is 0 Å². The van der Waals surface area contributed by atoms with Crippen LogP contribution in [0.15, 0.2) is 74.8 Å². The lowest BCUT2D eigenvalue weighted by Gasteiger charge is -2.14. The zero-order valence-electron chi connectivity index (χ0n) is 15.7. The van der Waals surface area contributed by atoms with Gasteiger partial charge in [-0.25, -0.2) is 4.79 Å². The Balaban J connectivity index is 1.38. The Hall–Kier alpha value is -3.23. The van der Waals surface area contributed by atoms with Gasteiger partial charge in [-0.3, -0.25) is 14.5 Å². The van der Waals surface area contributed by atoms with Gasteiger partial charge in [0.25, 0.3) is 5.91 Å². The molecule has 3 aromatic rings. The van der Waals surface area contributed by atoms with Crippen molar-refractivity contribution in [3.05, 3.63) is 81.6 Å². The number of fused-ring (bicyclic) bond motifs is 1. The summed E-state index contributed by atoms with van der Waals surface area (Å²) in [5.74, 6) is -0.435. The SMILES string of the molecule is O=C(CCN1C(=O)C(=Cc2ccccc2)SC1=S)Nc1ccc2oc(=O)ccc2c1. The maximum Gasteiger partial charge on any atom is 0.336 e. The van der Waals surface area contributed by atoms with Crippen LogP contribution in [0.1, 0.15) is 12.0 Å². The molecule has 1 saturated heterocycles. The van der Waals surface area contributed by atoms with Crippen LogP contribution < -0.4 is 10.9 Å². The Morgan fingerprint density at radius 1 is 1.10 bits per heavy atom. The highest BCUT2D eigenvalue weighted by Gasteiger charge is 2.32. The van der Waals surface area contributed by atoms with Crippen LogP contribution >= 0.6 is 24.0 Å². The van der Waals surface area contributed by atoms with Gasteiger partial charge in [-0.2, -0.15) is 0 Å². The topological polar surface area (TPSA) is 79.6 Å². The van der Waals surface area contributed by atoms with Gasteiger partial charge >= 0.3 is 5.63 Å². The van der Waals surface area contributed by atoms with Crippen molar-refractivity contribution in [2.45, 2.75) is 6.42 Å². The second kappa shape index (κ2) is 8.64. The van der Waals surface area contributed by atoms with Gasteiger partial charge in [0.05, 0.1) is 4.91 Å². The highest BCUT2D eigenvalue weighted by Crippen LogP contribution is 2.32. The van der Waals surface area contributed by atoms with Crippen LogP contribution in [0.2, 0.25) is 0 Å². The molecule has 2 aromatic carbocycles. The molecule has 2 heterocycles. The van der Waals surface area contributed by atoms with Crippen molar-refractivity contribution in [3.8, 4) is 0 Å². The first kappa shape index (κ1) is 20.1. The first-order valence-electron chi connectivity index (χ1n) is 9.14. The third kappa shape index (κ3) is 4.50. The Labute approximate surface area is 181 Å². The molecule has 8 heteroatoms. The Morgan fingerprint density at radius 2 is 1.90 bits per heavy atom. The first-order chi connectivity index (χ1) is 14.5. The molecule has 6 nitrogen and oxygen atoms in total. The maximum atomic E-state index is 12.6. The summed E-state index contributed by atoms with van der Waals surface area (Å²) < 4.78 is 5.52. The molecule has 0 unspecified atom stereocenters. The average Bonchev–Trinajstić information content (AvgIpc) is 3.00. The molecule has 4 rings (SSSR count). The third-order valence-corrected chi connectivity index (χ3v) is 5.81. The Morgan fingerprint density at radius 3 is 2.70 bits per heavy atom. The number of carbonyl (C=O) groups is 2. The molecular weight excluding hydrogens is 420 g/mol. The molecule has 0 radical (unpaired) electrons. The van der Waals surface area contributed by atoms with E-state index in [9.17, 15) is 14.4 Å². The van der Waals surface area contributed by atoms with E-state index in [1.807, 2.05) is 30.3 Å². The summed E-state index contributed by atoms with van der Waals surface area (Å²) in [6, 6.07) is 17.5. The molecule has 0 atom stereocenters. The minimum atomic E-state index is -0.427. The summed E-state index contributed by atoms with van der Waals surface area (Å²) in [7, 11) is 0. The highest BCUT2D eigenvalue weighted by molar-refractivity contribution is 8.26. The first-order valence-corrected chi connectivity index (χ1v) is 10.4. The number of nitrogens with one attached hydrogen (secondary N) is 1. The van der Waals surface area contributed by atoms with Crippen molar-refractivity contribution < 1.29 is 14.0 Å². The van der Waals surface area contributed by atoms with E-state index in [0.717, 1.165) is 5.56 Å². The number of rotatable bonds is 5. The second-order valence-electron chi connectivity index (χ2n) is 6.55. The van der Waals surface area contributed by atoms with Crippen molar-refractivity contribution in [2.75, 3.05) is 11.9 Å². The predicted octanol–water partition coefficient (Wildman–Crippen LogP) is 4.02. The zero-order chi connectivity index (χ0) is 21.1. The van der Waals surface area contributed by atoms with E-state index in [4.69, 9.17) is 16.6 Å². The maximum absolute atomic E-state index is 12.6. The smallest absolute Gasteiger partial charge is 0.336 e. The normalized spacial score (nSPS) is 15.2. The lowest BCUT2D eigenvalue weighted by Crippen LogP contribution is -2.31. The molecule has 1 fully saturated rings. The number of hydrogen-bond donors (Lipinski definition) is 1. The van der Waals surface area contributed by atoms with E-state index in [1.54, 1.807) is 30.3 Å². The van der Waals surface area contributed by atoms with Crippen molar-refractivity contribution >= 4 is 62.8 Å². The lowest BCUT2D eigenvalue weighted by molar-refractivity contribution is -0.122. The van der Waals surface area contributed by atoms with Crippen LogP contribution in [0, 0.1) is 0 Å². The summed E-state index contributed by atoms with van der Waals surface area (Å²) in [5.41, 5.74) is 1.52. The van der Waals surface area contributed by atoms with Crippen molar-refractivity contribution in [2.24, 2.45) is 0 Å². The van der Waals surface area contributed by atoms with E-state index < -0.39 is 5.63 Å². The van der Waals surface area contributed by atoms with Crippen molar-refractivity contribution in [1.29, 1.82) is 0 Å². The van der Waals surface area contributed by atoms with Gasteiger partial charge in [0.2, 0.25) is 5.91 Å². The van der Waals surface area contributed by atoms with E-state index >= 15 is 0 Å². The second-order valence-corrected chi connectivity index (χ2v) is 8.23. The van der Waals surface area contributed by atoms with E-state index in [0.29, 0.717) is 25.9 Å². The molecule has 0 spiro atoms. The molecule has 150 valence electrons. The fourth-order valence-corrected chi connectivity index (χ4v) is 4.29. The lowest BCUT2D eigenvalue weighted by atomic mass is 10.2. The molecule has 2 amide bonds. The van der Waals surface area contributed by atoms with Crippen LogP contribution in [0.4, 0.5) is 5.69 Å². The molecule has 0 aliphatic carbocycles. The van der Waals surface area contributed by atoms with Crippen LogP contribution in [0.5, 0.6) is 0 Å². The van der Waals surface area contributed by atoms with Gasteiger partial charge in [-0.15, -0.1) is 0 Å². The molecular formula is C22H16N2O4S2. The molecule has 1 N–H and O–H groups in total. The molecule has 1 aliphatic heterocycles. The summed E-state index contributed by atoms with van der Waals surface area (Å²) in [6.07, 6.45) is 1.90. The van der Waals surface area contributed by atoms with Crippen LogP contribution in [-0.2, 0) is 9.59 Å². The molecule has 0 saturated carbocycles. The van der Waals surface area contributed by atoms with Gasteiger partial charge < -0.3 is 9.73 Å². The van der Waals surface area contributed by atoms with Gasteiger partial charge in [-0.1, -0.05) is 54.3 Å². The Bertz CT molecular complexity index is 1230. The minimum absolute atomic E-state index is 0.104. The monoisotopic (exact) mass is 436 g/mol. The van der Waals surface area contributed by atoms with Crippen LogP contribution in [0.25, 0.3) is 17.0 Å². The van der Waals surface area contributed by atoms with Gasteiger partial charge in [0.15, 0.2) is 0 Å². The molecule has 1 aromatic heterocycles. The highest BCUT2D eigenvalue weighted by atomic mass is 32.2. The largest absolute Gasteiger partial charge is 0.423 e. The third-order valence-electron chi connectivity index (χ3n) is 4.44. The van der Waals surface area contributed by atoms with E-state index in [-0.39, 0.29) is 24.8 Å². The summed E-state index contributed by atoms with van der Waals surface area (Å²) in [4.78, 5) is 38.2. The minimum Gasteiger partial charge on any atom is -0.423 e. The Kier molecular flexibility index (Phi) is 5.78. The van der Waals surface area contributed by atoms with Gasteiger partial charge in [0.1, 0.15) is 9.90 Å². The fourth-order valence-electron chi connectivity index (χ4n) is 2.98. The number of nitrogens with zero attached hydrogens (tertiary/aromatic N) is 1. The van der Waals surface area contributed by atoms with E-state index in [2.05, 4.69) is 5.32 Å². The van der Waals surface area contributed by atoms with E-state index in [1.165, 1.54) is 22.7 Å². The number of thioether (sulfide) groups is 1. The standard InChI is InChI=1S/C22H16N2O4S2/c25-19(23-16-7-8-17-15(13-16)6-9-20(26)28-17)10-11-24-21(27)18(30-22(24)29)12-14-4-2-1-3-5-14/h1-9,12-13H,10-11H2,(H,23,25). The molecule has 1 aliphatic rings. The van der Waals surface area contributed by atoms with Gasteiger partial charge in [-0.05, 0) is 35.9 Å². The summed E-state index contributed by atoms with van der Waals surface area (Å²) in [6.45, 7) is 0.199. The van der Waals surface area contributed by atoms with Gasteiger partial charge in [0, 0.05) is 30.1 Å². The van der Waals surface area contributed by atoms with Crippen LogP contribution in [-0.4, -0.2) is 27.6 Å². The molecule has 30 heavy (non-hydrogen) atoms. The number of anilines is 1. The zero-order valence-corrected chi connectivity index (χ0v) is 17.3. The average molecular weight is 437 g/mol. The number of thiocarbonyl (C=S) groups is 1. The predicted molar refractivity (Wildman–Crippen MR) is 122 cm³/mol. The number of amides is 2. The molecule has 0 bridgehead atoms. The quantitative estimate of drug-likeness (QED) is 0.370. The fraction of sp³-hybridized carbons (Fsp3) is 0.0909. The summed E-state index contributed by atoms with van der Waals surface area (Å²) in [5, 5.41) is 3.50.